The zero-order valence-electron chi connectivity index (χ0n) is 9.35. The lowest BCUT2D eigenvalue weighted by atomic mass is 10.3. The highest BCUT2D eigenvalue weighted by Crippen LogP contribution is 2.16. The van der Waals surface area contributed by atoms with Crippen molar-refractivity contribution in [2.75, 3.05) is 12.3 Å². The van der Waals surface area contributed by atoms with Crippen LogP contribution < -0.4 is 10.5 Å². The highest BCUT2D eigenvalue weighted by molar-refractivity contribution is 7.89. The number of hydrogen-bond donors (Lipinski definition) is 3. The number of nitrogens with two attached hydrogens (primary N) is 1. The Morgan fingerprint density at radius 1 is 1.53 bits per heavy atom. The molecule has 0 aliphatic heterocycles. The van der Waals surface area contributed by atoms with Crippen LogP contribution in [0.5, 0.6) is 0 Å². The molecule has 0 saturated carbocycles. The summed E-state index contributed by atoms with van der Waals surface area (Å²) in [6, 6.07) is 2.59. The van der Waals surface area contributed by atoms with Gasteiger partial charge in [0.25, 0.3) is 0 Å². The van der Waals surface area contributed by atoms with E-state index in [1.807, 2.05) is 0 Å². The first-order chi connectivity index (χ1) is 7.90. The van der Waals surface area contributed by atoms with Gasteiger partial charge in [0.15, 0.2) is 0 Å². The molecule has 4 N–H and O–H groups in total. The highest BCUT2D eigenvalue weighted by Gasteiger charge is 2.19. The molecular formula is C10H15FN2O3S. The van der Waals surface area contributed by atoms with Gasteiger partial charge in [0, 0.05) is 6.04 Å². The first-order valence-corrected chi connectivity index (χ1v) is 6.57. The molecule has 0 fully saturated rings. The molecule has 0 spiro atoms. The van der Waals surface area contributed by atoms with Crippen LogP contribution in [0.15, 0.2) is 23.1 Å². The second kappa shape index (κ2) is 5.44. The predicted octanol–water partition coefficient (Wildman–Crippen LogP) is 0.457. The van der Waals surface area contributed by atoms with Gasteiger partial charge >= 0.3 is 0 Å². The van der Waals surface area contributed by atoms with Crippen LogP contribution in [0.3, 0.4) is 0 Å². The Bertz CT molecular complexity index is 486. The van der Waals surface area contributed by atoms with E-state index in [1.54, 1.807) is 6.92 Å². The molecule has 0 bridgehead atoms. The molecule has 1 rings (SSSR count). The van der Waals surface area contributed by atoms with Crippen LogP contribution in [0.4, 0.5) is 10.1 Å². The molecule has 0 saturated heterocycles. The fourth-order valence-electron chi connectivity index (χ4n) is 1.23. The minimum atomic E-state index is -3.78. The van der Waals surface area contributed by atoms with E-state index in [1.165, 1.54) is 0 Å². The van der Waals surface area contributed by atoms with Crippen molar-refractivity contribution >= 4 is 15.7 Å². The van der Waals surface area contributed by atoms with Crippen molar-refractivity contribution in [2.45, 2.75) is 24.3 Å². The summed E-state index contributed by atoms with van der Waals surface area (Å²) in [5.74, 6) is -0.668. The molecule has 1 atom stereocenters. The van der Waals surface area contributed by atoms with Crippen molar-refractivity contribution in [2.24, 2.45) is 0 Å². The Morgan fingerprint density at radius 3 is 2.65 bits per heavy atom. The summed E-state index contributed by atoms with van der Waals surface area (Å²) in [7, 11) is -3.78. The van der Waals surface area contributed by atoms with E-state index in [4.69, 9.17) is 10.8 Å². The zero-order valence-corrected chi connectivity index (χ0v) is 10.2. The molecule has 0 heterocycles. The van der Waals surface area contributed by atoms with E-state index in [0.29, 0.717) is 6.42 Å². The third kappa shape index (κ3) is 3.39. The van der Waals surface area contributed by atoms with Crippen molar-refractivity contribution in [1.29, 1.82) is 0 Å². The first kappa shape index (κ1) is 13.9. The summed E-state index contributed by atoms with van der Waals surface area (Å²) in [5.41, 5.74) is 5.06. The molecule has 17 heavy (non-hydrogen) atoms. The normalized spacial score (nSPS) is 13.6. The fourth-order valence-corrected chi connectivity index (χ4v) is 2.57. The van der Waals surface area contributed by atoms with Gasteiger partial charge in [0.1, 0.15) is 5.82 Å². The molecule has 96 valence electrons. The Hall–Kier alpha value is -1.18. The lowest BCUT2D eigenvalue weighted by molar-refractivity contribution is 0.254. The van der Waals surface area contributed by atoms with E-state index in [9.17, 15) is 12.8 Å². The van der Waals surface area contributed by atoms with Crippen LogP contribution in [-0.2, 0) is 10.0 Å². The standard InChI is InChI=1S/C10H15FN2O3S/c1-2-7(6-14)13-17(15,16)8-3-4-9(11)10(12)5-8/h3-5,7,13-14H,2,6,12H2,1H3. The number of sulfonamides is 1. The van der Waals surface area contributed by atoms with E-state index in [-0.39, 0.29) is 17.2 Å². The van der Waals surface area contributed by atoms with Crippen LogP contribution in [0, 0.1) is 5.82 Å². The number of hydrogen-bond acceptors (Lipinski definition) is 4. The first-order valence-electron chi connectivity index (χ1n) is 5.09. The molecule has 1 aromatic carbocycles. The van der Waals surface area contributed by atoms with Gasteiger partial charge in [0.05, 0.1) is 17.2 Å². The Labute approximate surface area is 99.5 Å². The summed E-state index contributed by atoms with van der Waals surface area (Å²) in [5, 5.41) is 8.92. The molecule has 0 radical (unpaired) electrons. The minimum absolute atomic E-state index is 0.122. The van der Waals surface area contributed by atoms with Gasteiger partial charge in [-0.2, -0.15) is 0 Å². The van der Waals surface area contributed by atoms with Gasteiger partial charge in [0.2, 0.25) is 10.0 Å². The van der Waals surface area contributed by atoms with Crippen LogP contribution in [0.2, 0.25) is 0 Å². The largest absolute Gasteiger partial charge is 0.396 e. The van der Waals surface area contributed by atoms with Crippen molar-refractivity contribution in [3.05, 3.63) is 24.0 Å². The molecular weight excluding hydrogens is 247 g/mol. The lowest BCUT2D eigenvalue weighted by Gasteiger charge is -2.14. The lowest BCUT2D eigenvalue weighted by Crippen LogP contribution is -2.36. The number of halogens is 1. The summed E-state index contributed by atoms with van der Waals surface area (Å²) >= 11 is 0. The van der Waals surface area contributed by atoms with E-state index in [2.05, 4.69) is 4.72 Å². The number of aliphatic hydroxyl groups is 1. The maximum atomic E-state index is 12.9. The van der Waals surface area contributed by atoms with Gasteiger partial charge in [-0.3, -0.25) is 0 Å². The van der Waals surface area contributed by atoms with E-state index < -0.39 is 21.9 Å². The fraction of sp³-hybridized carbons (Fsp3) is 0.400. The van der Waals surface area contributed by atoms with Crippen LogP contribution in [0.25, 0.3) is 0 Å². The molecule has 0 amide bonds. The van der Waals surface area contributed by atoms with Crippen LogP contribution in [0.1, 0.15) is 13.3 Å². The number of nitrogen functional groups attached to an aromatic ring is 1. The number of nitrogens with one attached hydrogen (secondary N) is 1. The quantitative estimate of drug-likeness (QED) is 0.672. The summed E-state index contributed by atoms with van der Waals surface area (Å²) in [6.07, 6.45) is 0.451. The molecule has 5 nitrogen and oxygen atoms in total. The minimum Gasteiger partial charge on any atom is -0.396 e. The van der Waals surface area contributed by atoms with Crippen molar-refractivity contribution < 1.29 is 17.9 Å². The monoisotopic (exact) mass is 262 g/mol. The third-order valence-corrected chi connectivity index (χ3v) is 3.83. The average Bonchev–Trinajstić information content (AvgIpc) is 2.29. The highest BCUT2D eigenvalue weighted by atomic mass is 32.2. The maximum absolute atomic E-state index is 12.9. The van der Waals surface area contributed by atoms with E-state index >= 15 is 0 Å². The zero-order chi connectivity index (χ0) is 13.1. The van der Waals surface area contributed by atoms with Gasteiger partial charge in [-0.25, -0.2) is 17.5 Å². The predicted molar refractivity (Wildman–Crippen MR) is 62.3 cm³/mol. The SMILES string of the molecule is CCC(CO)NS(=O)(=O)c1ccc(F)c(N)c1. The Kier molecular flexibility index (Phi) is 4.44. The van der Waals surface area contributed by atoms with Crippen molar-refractivity contribution in [3.8, 4) is 0 Å². The van der Waals surface area contributed by atoms with Crippen LogP contribution in [-0.4, -0.2) is 26.2 Å². The molecule has 1 unspecified atom stereocenters. The number of anilines is 1. The maximum Gasteiger partial charge on any atom is 0.240 e. The number of benzene rings is 1. The summed E-state index contributed by atoms with van der Waals surface area (Å²) in [4.78, 5) is -0.122. The average molecular weight is 262 g/mol. The Morgan fingerprint density at radius 2 is 2.18 bits per heavy atom. The van der Waals surface area contributed by atoms with Crippen LogP contribution >= 0.6 is 0 Å². The molecule has 1 aromatic rings. The second-order valence-corrected chi connectivity index (χ2v) is 5.31. The molecule has 0 aliphatic carbocycles. The van der Waals surface area contributed by atoms with Crippen molar-refractivity contribution in [1.82, 2.24) is 4.72 Å². The van der Waals surface area contributed by atoms with Crippen molar-refractivity contribution in [3.63, 3.8) is 0 Å². The topological polar surface area (TPSA) is 92.4 Å². The van der Waals surface area contributed by atoms with Gasteiger partial charge in [-0.15, -0.1) is 0 Å². The van der Waals surface area contributed by atoms with E-state index in [0.717, 1.165) is 18.2 Å². The van der Waals surface area contributed by atoms with Gasteiger partial charge < -0.3 is 10.8 Å². The summed E-state index contributed by atoms with van der Waals surface area (Å²) < 4.78 is 38.8. The Balaban J connectivity index is 3.01. The van der Waals surface area contributed by atoms with Gasteiger partial charge in [-0.05, 0) is 24.6 Å². The smallest absolute Gasteiger partial charge is 0.240 e. The summed E-state index contributed by atoms with van der Waals surface area (Å²) in [6.45, 7) is 1.44. The number of rotatable bonds is 5. The molecule has 7 heteroatoms. The molecule has 0 aliphatic rings. The second-order valence-electron chi connectivity index (χ2n) is 3.59. The van der Waals surface area contributed by atoms with Gasteiger partial charge in [-0.1, -0.05) is 6.92 Å². The third-order valence-electron chi connectivity index (χ3n) is 2.31. The molecule has 0 aromatic heterocycles. The number of aliphatic hydroxyl groups excluding tert-OH is 1.